The Morgan fingerprint density at radius 2 is 1.66 bits per heavy atom. The maximum absolute atomic E-state index is 4.78. The molecule has 0 atom stereocenters. The zero-order chi connectivity index (χ0) is 20.2. The van der Waals surface area contributed by atoms with Gasteiger partial charge in [0.2, 0.25) is 5.95 Å². The average molecular weight is 391 g/mol. The first-order chi connectivity index (χ1) is 14.1. The molecule has 0 spiro atoms. The minimum atomic E-state index is 0.418. The molecule has 1 aromatic carbocycles. The molecule has 1 fully saturated rings. The SMILES string of the molecule is Cc1cccc(CNC2CCC(Nc3nc(N(C)C)c4ccccc4n3)CC2)n1. The van der Waals surface area contributed by atoms with Crippen molar-refractivity contribution in [3.63, 3.8) is 0 Å². The lowest BCUT2D eigenvalue weighted by molar-refractivity contribution is 0.351. The van der Waals surface area contributed by atoms with Crippen molar-refractivity contribution >= 4 is 22.7 Å². The summed E-state index contributed by atoms with van der Waals surface area (Å²) in [5.41, 5.74) is 3.17. The molecule has 3 aromatic rings. The summed E-state index contributed by atoms with van der Waals surface area (Å²) >= 11 is 0. The highest BCUT2D eigenvalue weighted by Crippen LogP contribution is 2.26. The lowest BCUT2D eigenvalue weighted by Crippen LogP contribution is -2.37. The van der Waals surface area contributed by atoms with E-state index in [1.807, 2.05) is 39.2 Å². The Balaban J connectivity index is 1.35. The minimum Gasteiger partial charge on any atom is -0.362 e. The Hall–Kier alpha value is -2.73. The van der Waals surface area contributed by atoms with Crippen LogP contribution in [0.25, 0.3) is 10.9 Å². The zero-order valence-corrected chi connectivity index (χ0v) is 17.5. The Bertz CT molecular complexity index is 962. The minimum absolute atomic E-state index is 0.418. The monoisotopic (exact) mass is 390 g/mol. The van der Waals surface area contributed by atoms with Crippen LogP contribution in [0.3, 0.4) is 0 Å². The van der Waals surface area contributed by atoms with Gasteiger partial charge < -0.3 is 15.5 Å². The van der Waals surface area contributed by atoms with Crippen LogP contribution in [0.15, 0.2) is 42.5 Å². The summed E-state index contributed by atoms with van der Waals surface area (Å²) in [4.78, 5) is 16.2. The Kier molecular flexibility index (Phi) is 5.90. The summed E-state index contributed by atoms with van der Waals surface area (Å²) in [6, 6.07) is 15.4. The molecule has 6 nitrogen and oxygen atoms in total. The van der Waals surface area contributed by atoms with Gasteiger partial charge in [-0.3, -0.25) is 4.98 Å². The van der Waals surface area contributed by atoms with Crippen molar-refractivity contribution in [1.82, 2.24) is 20.3 Å². The van der Waals surface area contributed by atoms with Crippen LogP contribution in [0.1, 0.15) is 37.1 Å². The van der Waals surface area contributed by atoms with Gasteiger partial charge in [0.15, 0.2) is 0 Å². The van der Waals surface area contributed by atoms with Crippen LogP contribution in [0.5, 0.6) is 0 Å². The molecule has 0 radical (unpaired) electrons. The number of aromatic nitrogens is 3. The summed E-state index contributed by atoms with van der Waals surface area (Å²) in [5, 5.41) is 8.33. The molecule has 2 heterocycles. The van der Waals surface area contributed by atoms with E-state index in [1.54, 1.807) is 0 Å². The van der Waals surface area contributed by atoms with Crippen molar-refractivity contribution in [2.45, 2.75) is 51.2 Å². The number of nitrogens with zero attached hydrogens (tertiary/aromatic N) is 4. The number of rotatable bonds is 6. The van der Waals surface area contributed by atoms with Gasteiger partial charge in [0.25, 0.3) is 0 Å². The molecule has 1 aliphatic carbocycles. The fourth-order valence-electron chi connectivity index (χ4n) is 4.04. The summed E-state index contributed by atoms with van der Waals surface area (Å²) in [7, 11) is 4.05. The van der Waals surface area contributed by atoms with Gasteiger partial charge >= 0.3 is 0 Å². The van der Waals surface area contributed by atoms with Gasteiger partial charge in [0.05, 0.1) is 11.2 Å². The summed E-state index contributed by atoms with van der Waals surface area (Å²) in [6.45, 7) is 2.88. The normalized spacial score (nSPS) is 19.3. The van der Waals surface area contributed by atoms with Crippen LogP contribution in [-0.2, 0) is 6.54 Å². The molecule has 1 saturated carbocycles. The van der Waals surface area contributed by atoms with E-state index in [1.165, 1.54) is 0 Å². The van der Waals surface area contributed by atoms with Crippen LogP contribution in [-0.4, -0.2) is 41.1 Å². The van der Waals surface area contributed by atoms with Gasteiger partial charge in [-0.1, -0.05) is 18.2 Å². The molecule has 0 amide bonds. The van der Waals surface area contributed by atoms with Crippen LogP contribution in [0, 0.1) is 6.92 Å². The van der Waals surface area contributed by atoms with Crippen molar-refractivity contribution in [3.8, 4) is 0 Å². The summed E-state index contributed by atoms with van der Waals surface area (Å²) in [6.07, 6.45) is 4.54. The molecular weight excluding hydrogens is 360 g/mol. The van der Waals surface area contributed by atoms with Gasteiger partial charge in [-0.15, -0.1) is 0 Å². The van der Waals surface area contributed by atoms with Gasteiger partial charge in [-0.05, 0) is 56.9 Å². The molecule has 2 N–H and O–H groups in total. The number of nitrogens with one attached hydrogen (secondary N) is 2. The van der Waals surface area contributed by atoms with Crippen molar-refractivity contribution in [2.75, 3.05) is 24.3 Å². The van der Waals surface area contributed by atoms with Crippen LogP contribution in [0.2, 0.25) is 0 Å². The van der Waals surface area contributed by atoms with Crippen molar-refractivity contribution < 1.29 is 0 Å². The number of benzene rings is 1. The van der Waals surface area contributed by atoms with Crippen LogP contribution in [0.4, 0.5) is 11.8 Å². The maximum Gasteiger partial charge on any atom is 0.225 e. The molecular formula is C23H30N6. The van der Waals surface area contributed by atoms with E-state index in [-0.39, 0.29) is 0 Å². The fourth-order valence-corrected chi connectivity index (χ4v) is 4.04. The Labute approximate surface area is 172 Å². The quantitative estimate of drug-likeness (QED) is 0.665. The van der Waals surface area contributed by atoms with Gasteiger partial charge in [0.1, 0.15) is 5.82 Å². The van der Waals surface area contributed by atoms with Gasteiger partial charge in [0, 0.05) is 43.8 Å². The first-order valence-electron chi connectivity index (χ1n) is 10.4. The van der Waals surface area contributed by atoms with Crippen molar-refractivity contribution in [2.24, 2.45) is 0 Å². The van der Waals surface area contributed by atoms with Crippen molar-refractivity contribution in [1.29, 1.82) is 0 Å². The number of aryl methyl sites for hydroxylation is 1. The molecule has 0 unspecified atom stereocenters. The summed E-state index contributed by atoms with van der Waals surface area (Å²) in [5.74, 6) is 1.69. The maximum atomic E-state index is 4.78. The molecule has 152 valence electrons. The first-order valence-corrected chi connectivity index (χ1v) is 10.4. The smallest absolute Gasteiger partial charge is 0.225 e. The summed E-state index contributed by atoms with van der Waals surface area (Å²) < 4.78 is 0. The second kappa shape index (κ2) is 8.74. The number of pyridine rings is 1. The molecule has 0 aliphatic heterocycles. The van der Waals surface area contributed by atoms with Crippen molar-refractivity contribution in [3.05, 3.63) is 53.9 Å². The first kappa shape index (κ1) is 19.6. The van der Waals surface area contributed by atoms with Gasteiger partial charge in [-0.25, -0.2) is 4.98 Å². The van der Waals surface area contributed by atoms with E-state index < -0.39 is 0 Å². The third-order valence-corrected chi connectivity index (χ3v) is 5.58. The topological polar surface area (TPSA) is 66.0 Å². The van der Waals surface area contributed by atoms with E-state index in [9.17, 15) is 0 Å². The average Bonchev–Trinajstić information content (AvgIpc) is 2.72. The lowest BCUT2D eigenvalue weighted by atomic mass is 9.91. The molecule has 6 heteroatoms. The number of para-hydroxylation sites is 1. The highest BCUT2D eigenvalue weighted by molar-refractivity contribution is 5.90. The molecule has 1 aliphatic rings. The van der Waals surface area contributed by atoms with E-state index in [0.717, 1.165) is 66.3 Å². The number of hydrogen-bond acceptors (Lipinski definition) is 6. The van der Waals surface area contributed by atoms with E-state index in [0.29, 0.717) is 12.1 Å². The second-order valence-electron chi connectivity index (χ2n) is 8.13. The fraction of sp³-hybridized carbons (Fsp3) is 0.435. The van der Waals surface area contributed by atoms with Gasteiger partial charge in [-0.2, -0.15) is 4.98 Å². The second-order valence-corrected chi connectivity index (χ2v) is 8.13. The van der Waals surface area contributed by atoms with Crippen LogP contribution < -0.4 is 15.5 Å². The lowest BCUT2D eigenvalue weighted by Gasteiger charge is -2.30. The third-order valence-electron chi connectivity index (χ3n) is 5.58. The molecule has 2 aromatic heterocycles. The predicted octanol–water partition coefficient (Wildman–Crippen LogP) is 3.91. The zero-order valence-electron chi connectivity index (χ0n) is 17.5. The third kappa shape index (κ3) is 4.82. The number of anilines is 2. The highest BCUT2D eigenvalue weighted by atomic mass is 15.2. The number of hydrogen-bond donors (Lipinski definition) is 2. The van der Waals surface area contributed by atoms with E-state index >= 15 is 0 Å². The number of fused-ring (bicyclic) bond motifs is 1. The highest BCUT2D eigenvalue weighted by Gasteiger charge is 2.22. The molecule has 0 bridgehead atoms. The molecule has 29 heavy (non-hydrogen) atoms. The van der Waals surface area contributed by atoms with E-state index in [4.69, 9.17) is 9.97 Å². The molecule has 4 rings (SSSR count). The molecule has 0 saturated heterocycles. The standard InChI is InChI=1S/C23H30N6/c1-16-7-6-8-19(25-16)15-24-17-11-13-18(14-12-17)26-23-27-21-10-5-4-9-20(21)22(28-23)29(2)3/h4-10,17-18,24H,11-15H2,1-3H3,(H,26,27,28). The Morgan fingerprint density at radius 3 is 2.41 bits per heavy atom. The predicted molar refractivity (Wildman–Crippen MR) is 119 cm³/mol. The van der Waals surface area contributed by atoms with E-state index in [2.05, 4.69) is 44.8 Å². The Morgan fingerprint density at radius 1 is 0.897 bits per heavy atom. The van der Waals surface area contributed by atoms with Crippen LogP contribution >= 0.6 is 0 Å². The largest absolute Gasteiger partial charge is 0.362 e.